The molecule has 4 nitrogen and oxygen atoms in total. The van der Waals surface area contributed by atoms with Gasteiger partial charge in [0, 0.05) is 38.6 Å². The third-order valence-electron chi connectivity index (χ3n) is 13.0. The van der Waals surface area contributed by atoms with Gasteiger partial charge >= 0.3 is 0 Å². The van der Waals surface area contributed by atoms with Gasteiger partial charge in [-0.15, -0.1) is 0 Å². The number of para-hydroxylation sites is 2. The predicted molar refractivity (Wildman–Crippen MR) is 254 cm³/mol. The summed E-state index contributed by atoms with van der Waals surface area (Å²) in [5.74, 6) is 2.38. The lowest BCUT2D eigenvalue weighted by molar-refractivity contribution is 0.436. The fourth-order valence-corrected chi connectivity index (χ4v) is 10.2. The van der Waals surface area contributed by atoms with E-state index in [9.17, 15) is 0 Å². The van der Waals surface area contributed by atoms with E-state index in [-0.39, 0.29) is 0 Å². The summed E-state index contributed by atoms with van der Waals surface area (Å²) in [4.78, 5) is 10.8. The molecule has 1 aliphatic carbocycles. The van der Waals surface area contributed by atoms with Gasteiger partial charge in [-0.1, -0.05) is 176 Å². The second-order valence-electron chi connectivity index (χ2n) is 16.4. The molecule has 0 saturated carbocycles. The highest BCUT2D eigenvalue weighted by Gasteiger charge is 2.51. The summed E-state index contributed by atoms with van der Waals surface area (Å²) in [6.07, 6.45) is 0. The van der Waals surface area contributed by atoms with E-state index < -0.39 is 5.41 Å². The summed E-state index contributed by atoms with van der Waals surface area (Å²) >= 11 is 0. The molecule has 2 aromatic heterocycles. The van der Waals surface area contributed by atoms with Crippen LogP contribution in [0, 0.1) is 0 Å². The van der Waals surface area contributed by atoms with Gasteiger partial charge in [0.2, 0.25) is 0 Å². The third kappa shape index (κ3) is 5.41. The molecule has 4 heteroatoms. The Morgan fingerprint density at radius 3 is 1.63 bits per heavy atom. The average Bonchev–Trinajstić information content (AvgIpc) is 3.88. The fourth-order valence-electron chi connectivity index (χ4n) is 10.2. The zero-order valence-corrected chi connectivity index (χ0v) is 34.0. The Bertz CT molecular complexity index is 3550. The Hall–Kier alpha value is -8.34. The molecule has 0 atom stereocenters. The van der Waals surface area contributed by atoms with Crippen LogP contribution in [0.4, 0.5) is 0 Å². The molecule has 9 aromatic carbocycles. The van der Waals surface area contributed by atoms with E-state index in [1.807, 2.05) is 12.1 Å². The van der Waals surface area contributed by atoms with E-state index in [4.69, 9.17) is 19.1 Å². The maximum atomic E-state index is 6.62. The molecule has 1 spiro atoms. The monoisotopic (exact) mass is 804 g/mol. The molecule has 0 amide bonds. The lowest BCUT2D eigenvalue weighted by atomic mass is 9.66. The highest BCUT2D eigenvalue weighted by Crippen LogP contribution is 2.62. The Kier molecular flexibility index (Phi) is 7.79. The number of hydrogen-bond acceptors (Lipinski definition) is 4. The van der Waals surface area contributed by atoms with Crippen molar-refractivity contribution < 1.29 is 9.15 Å². The quantitative estimate of drug-likeness (QED) is 0.174. The number of rotatable bonds is 5. The molecule has 0 fully saturated rings. The minimum atomic E-state index is -0.603. The van der Waals surface area contributed by atoms with Gasteiger partial charge in [0.05, 0.1) is 16.8 Å². The van der Waals surface area contributed by atoms with E-state index in [0.29, 0.717) is 5.82 Å². The zero-order chi connectivity index (χ0) is 41.5. The molecule has 1 aliphatic heterocycles. The van der Waals surface area contributed by atoms with Crippen molar-refractivity contribution in [3.8, 4) is 78.8 Å². The molecule has 13 rings (SSSR count). The molecule has 3 heterocycles. The number of ether oxygens (including phenoxy) is 1. The standard InChI is InChI=1S/C59H36N2O2/c1-3-14-37(15-4-1)38-26-28-39(29-27-38)41-31-33-53-46(34-41)57-45(19-13-25-56(57)62-53)52-36-51(40-16-5-2-6-17-40)60-58(61-52)42-30-32-44-43-18-7-8-20-47(43)59(50(44)35-42)48-21-9-11-23-54(48)63-55-24-12-10-22-49(55)59/h1-36H. The molecule has 294 valence electrons. The summed E-state index contributed by atoms with van der Waals surface area (Å²) in [5.41, 5.74) is 17.4. The number of furan rings is 1. The van der Waals surface area contributed by atoms with Crippen LogP contribution in [-0.4, -0.2) is 9.97 Å². The normalized spacial score (nSPS) is 13.0. The van der Waals surface area contributed by atoms with Crippen LogP contribution in [-0.2, 0) is 5.41 Å². The van der Waals surface area contributed by atoms with Crippen molar-refractivity contribution in [3.63, 3.8) is 0 Å². The molecule has 0 bridgehead atoms. The topological polar surface area (TPSA) is 48.2 Å². The first-order valence-corrected chi connectivity index (χ1v) is 21.4. The average molecular weight is 805 g/mol. The number of aromatic nitrogens is 2. The van der Waals surface area contributed by atoms with Gasteiger partial charge in [0.15, 0.2) is 5.82 Å². The van der Waals surface area contributed by atoms with Gasteiger partial charge in [0.1, 0.15) is 22.7 Å². The molecular weight excluding hydrogens is 769 g/mol. The molecule has 0 unspecified atom stereocenters. The number of fused-ring (bicyclic) bond motifs is 12. The highest BCUT2D eigenvalue weighted by atomic mass is 16.5. The highest BCUT2D eigenvalue weighted by molar-refractivity contribution is 6.13. The molecular formula is C59H36N2O2. The first-order chi connectivity index (χ1) is 31.2. The van der Waals surface area contributed by atoms with E-state index >= 15 is 0 Å². The lowest BCUT2D eigenvalue weighted by Crippen LogP contribution is -2.32. The smallest absolute Gasteiger partial charge is 0.160 e. The zero-order valence-electron chi connectivity index (χ0n) is 34.0. The summed E-state index contributed by atoms with van der Waals surface area (Å²) in [7, 11) is 0. The van der Waals surface area contributed by atoms with Gasteiger partial charge in [0.25, 0.3) is 0 Å². The van der Waals surface area contributed by atoms with Gasteiger partial charge in [-0.2, -0.15) is 0 Å². The second kappa shape index (κ2) is 13.8. The van der Waals surface area contributed by atoms with Crippen molar-refractivity contribution in [1.29, 1.82) is 0 Å². The van der Waals surface area contributed by atoms with Gasteiger partial charge < -0.3 is 9.15 Å². The molecule has 0 radical (unpaired) electrons. The van der Waals surface area contributed by atoms with Gasteiger partial charge in [-0.25, -0.2) is 9.97 Å². The third-order valence-corrected chi connectivity index (χ3v) is 13.0. The SMILES string of the molecule is c1ccc(-c2ccc(-c3ccc4oc5cccc(-c6cc(-c7ccccc7)nc(-c7ccc8c(c7)C7(c9ccccc9Oc9ccccc97)c7ccccc7-8)n6)c5c4c3)cc2)cc1. The molecule has 0 saturated heterocycles. The summed E-state index contributed by atoms with van der Waals surface area (Å²) < 4.78 is 13.2. The molecule has 0 N–H and O–H groups in total. The maximum Gasteiger partial charge on any atom is 0.160 e. The maximum absolute atomic E-state index is 6.62. The van der Waals surface area contributed by atoms with Crippen LogP contribution in [0.2, 0.25) is 0 Å². The van der Waals surface area contributed by atoms with Crippen LogP contribution in [0.15, 0.2) is 223 Å². The molecule has 11 aromatic rings. The largest absolute Gasteiger partial charge is 0.457 e. The van der Waals surface area contributed by atoms with Crippen LogP contribution in [0.1, 0.15) is 22.3 Å². The van der Waals surface area contributed by atoms with Gasteiger partial charge in [-0.3, -0.25) is 0 Å². The molecule has 2 aliphatic rings. The lowest BCUT2D eigenvalue weighted by Gasteiger charge is -2.39. The fraction of sp³-hybridized carbons (Fsp3) is 0.0169. The summed E-state index contributed by atoms with van der Waals surface area (Å²) in [6.45, 7) is 0. The van der Waals surface area contributed by atoms with Crippen LogP contribution >= 0.6 is 0 Å². The summed E-state index contributed by atoms with van der Waals surface area (Å²) in [6, 6.07) is 77.1. The van der Waals surface area contributed by atoms with Crippen LogP contribution in [0.25, 0.3) is 89.2 Å². The predicted octanol–water partition coefficient (Wildman–Crippen LogP) is 15.2. The Morgan fingerprint density at radius 2 is 0.889 bits per heavy atom. The van der Waals surface area contributed by atoms with Crippen molar-refractivity contribution in [1.82, 2.24) is 9.97 Å². The van der Waals surface area contributed by atoms with Crippen LogP contribution < -0.4 is 4.74 Å². The van der Waals surface area contributed by atoms with Crippen LogP contribution in [0.5, 0.6) is 11.5 Å². The summed E-state index contributed by atoms with van der Waals surface area (Å²) in [5, 5.41) is 2.07. The van der Waals surface area contributed by atoms with Crippen molar-refractivity contribution in [3.05, 3.63) is 241 Å². The molecule has 63 heavy (non-hydrogen) atoms. The Morgan fingerprint density at radius 1 is 0.333 bits per heavy atom. The van der Waals surface area contributed by atoms with Crippen molar-refractivity contribution >= 4 is 21.9 Å². The van der Waals surface area contributed by atoms with Crippen molar-refractivity contribution in [2.75, 3.05) is 0 Å². The number of hydrogen-bond donors (Lipinski definition) is 0. The van der Waals surface area contributed by atoms with E-state index in [0.717, 1.165) is 83.8 Å². The number of benzene rings is 9. The first-order valence-electron chi connectivity index (χ1n) is 21.4. The Labute approximate surface area is 364 Å². The van der Waals surface area contributed by atoms with E-state index in [2.05, 4.69) is 206 Å². The Balaban J connectivity index is 1.00. The van der Waals surface area contributed by atoms with E-state index in [1.165, 1.54) is 33.4 Å². The van der Waals surface area contributed by atoms with Crippen molar-refractivity contribution in [2.24, 2.45) is 0 Å². The van der Waals surface area contributed by atoms with Crippen LogP contribution in [0.3, 0.4) is 0 Å². The minimum Gasteiger partial charge on any atom is -0.457 e. The van der Waals surface area contributed by atoms with E-state index in [1.54, 1.807) is 0 Å². The second-order valence-corrected chi connectivity index (χ2v) is 16.4. The minimum absolute atomic E-state index is 0.603. The number of nitrogens with zero attached hydrogens (tertiary/aromatic N) is 2. The first kappa shape index (κ1) is 35.4. The van der Waals surface area contributed by atoms with Gasteiger partial charge in [-0.05, 0) is 87.0 Å². The van der Waals surface area contributed by atoms with Crippen molar-refractivity contribution in [2.45, 2.75) is 5.41 Å².